The molecule has 0 amide bonds. The second kappa shape index (κ2) is 6.08. The van der Waals surface area contributed by atoms with E-state index in [1.807, 2.05) is 30.3 Å². The van der Waals surface area contributed by atoms with Crippen LogP contribution in [0.4, 0.5) is 5.69 Å². The molecular formula is C18H17N3O3. The maximum Gasteiger partial charge on any atom is 0.297 e. The Hall–Kier alpha value is -3.28. The summed E-state index contributed by atoms with van der Waals surface area (Å²) in [6.45, 7) is 1.80. The predicted molar refractivity (Wildman–Crippen MR) is 92.8 cm³/mol. The van der Waals surface area contributed by atoms with Gasteiger partial charge in [-0.2, -0.15) is 0 Å². The Balaban J connectivity index is 2.09. The molecule has 6 nitrogen and oxygen atoms in total. The quantitative estimate of drug-likeness (QED) is 0.574. The van der Waals surface area contributed by atoms with Gasteiger partial charge in [-0.3, -0.25) is 9.48 Å². The molecule has 0 atom stereocenters. The van der Waals surface area contributed by atoms with Crippen molar-refractivity contribution < 1.29 is 10.2 Å². The lowest BCUT2D eigenvalue weighted by Gasteiger charge is -2.07. The molecule has 0 fully saturated rings. The van der Waals surface area contributed by atoms with E-state index < -0.39 is 0 Å². The molecule has 0 radical (unpaired) electrons. The monoisotopic (exact) mass is 323 g/mol. The van der Waals surface area contributed by atoms with E-state index in [0.29, 0.717) is 11.3 Å². The Kier molecular flexibility index (Phi) is 3.95. The molecular weight excluding hydrogens is 306 g/mol. The third-order valence-electron chi connectivity index (χ3n) is 3.90. The van der Waals surface area contributed by atoms with Crippen LogP contribution in [0.1, 0.15) is 11.3 Å². The number of rotatable bonds is 3. The molecule has 122 valence electrons. The standard InChI is InChI=1S/C18H17N3O3/c1-12-16(19-11-13-7-6-10-15(22)17(13)23)18(24)21(20(12)2)14-8-4-3-5-9-14/h3-11,22-23H,1-2H3. The first-order chi connectivity index (χ1) is 11.5. The first-order valence-electron chi connectivity index (χ1n) is 7.39. The van der Waals surface area contributed by atoms with Gasteiger partial charge in [-0.05, 0) is 31.2 Å². The highest BCUT2D eigenvalue weighted by Gasteiger charge is 2.15. The minimum Gasteiger partial charge on any atom is -0.504 e. The number of phenolic OH excluding ortho intramolecular Hbond substituents is 2. The summed E-state index contributed by atoms with van der Waals surface area (Å²) >= 11 is 0. The average Bonchev–Trinajstić information content (AvgIpc) is 2.80. The summed E-state index contributed by atoms with van der Waals surface area (Å²) in [6.07, 6.45) is 1.37. The third-order valence-corrected chi connectivity index (χ3v) is 3.90. The summed E-state index contributed by atoms with van der Waals surface area (Å²) in [5.41, 5.74) is 1.81. The van der Waals surface area contributed by atoms with Gasteiger partial charge >= 0.3 is 0 Å². The van der Waals surface area contributed by atoms with Gasteiger partial charge in [-0.15, -0.1) is 0 Å². The van der Waals surface area contributed by atoms with Gasteiger partial charge in [-0.1, -0.05) is 24.3 Å². The summed E-state index contributed by atoms with van der Waals surface area (Å²) in [5.74, 6) is -0.497. The third kappa shape index (κ3) is 2.58. The molecule has 0 unspecified atom stereocenters. The highest BCUT2D eigenvalue weighted by molar-refractivity contribution is 5.86. The number of hydrogen-bond donors (Lipinski definition) is 2. The summed E-state index contributed by atoms with van der Waals surface area (Å²) in [5, 5.41) is 19.3. The molecule has 0 saturated heterocycles. The van der Waals surface area contributed by atoms with Crippen LogP contribution in [0.15, 0.2) is 58.3 Å². The Morgan fingerprint density at radius 2 is 1.75 bits per heavy atom. The lowest BCUT2D eigenvalue weighted by atomic mass is 10.2. The zero-order valence-electron chi connectivity index (χ0n) is 13.3. The van der Waals surface area contributed by atoms with E-state index in [-0.39, 0.29) is 22.7 Å². The van der Waals surface area contributed by atoms with Gasteiger partial charge in [0, 0.05) is 18.8 Å². The molecule has 2 N–H and O–H groups in total. The average molecular weight is 323 g/mol. The van der Waals surface area contributed by atoms with Crippen molar-refractivity contribution >= 4 is 11.9 Å². The van der Waals surface area contributed by atoms with Crippen molar-refractivity contribution in [2.75, 3.05) is 0 Å². The fourth-order valence-corrected chi connectivity index (χ4v) is 2.49. The Morgan fingerprint density at radius 1 is 1.04 bits per heavy atom. The van der Waals surface area contributed by atoms with Crippen LogP contribution in [0.25, 0.3) is 5.69 Å². The first-order valence-corrected chi connectivity index (χ1v) is 7.39. The molecule has 0 aliphatic carbocycles. The zero-order chi connectivity index (χ0) is 17.3. The van der Waals surface area contributed by atoms with E-state index >= 15 is 0 Å². The van der Waals surface area contributed by atoms with Crippen LogP contribution in [0.2, 0.25) is 0 Å². The molecule has 6 heteroatoms. The van der Waals surface area contributed by atoms with Gasteiger partial charge in [0.25, 0.3) is 5.56 Å². The van der Waals surface area contributed by atoms with Crippen LogP contribution in [-0.2, 0) is 7.05 Å². The smallest absolute Gasteiger partial charge is 0.297 e. The van der Waals surface area contributed by atoms with Crippen molar-refractivity contribution in [1.82, 2.24) is 9.36 Å². The number of nitrogens with zero attached hydrogens (tertiary/aromatic N) is 3. The van der Waals surface area contributed by atoms with Crippen molar-refractivity contribution in [3.8, 4) is 17.2 Å². The normalized spacial score (nSPS) is 11.2. The topological polar surface area (TPSA) is 79.8 Å². The molecule has 1 heterocycles. The number of aliphatic imine (C=N–C) groups is 1. The van der Waals surface area contributed by atoms with E-state index in [2.05, 4.69) is 4.99 Å². The predicted octanol–water partition coefficient (Wildman–Crippen LogP) is 2.65. The van der Waals surface area contributed by atoms with E-state index in [0.717, 1.165) is 5.69 Å². The van der Waals surface area contributed by atoms with Crippen LogP contribution in [0, 0.1) is 6.92 Å². The van der Waals surface area contributed by atoms with Gasteiger partial charge in [0.15, 0.2) is 17.2 Å². The number of para-hydroxylation sites is 2. The first kappa shape index (κ1) is 15.6. The van der Waals surface area contributed by atoms with Gasteiger partial charge in [0.05, 0.1) is 11.4 Å². The number of benzene rings is 2. The molecule has 1 aromatic heterocycles. The van der Waals surface area contributed by atoms with E-state index in [9.17, 15) is 15.0 Å². The second-order valence-electron chi connectivity index (χ2n) is 5.38. The fourth-order valence-electron chi connectivity index (χ4n) is 2.49. The molecule has 3 rings (SSSR count). The number of phenols is 2. The van der Waals surface area contributed by atoms with Crippen LogP contribution in [-0.4, -0.2) is 25.8 Å². The van der Waals surface area contributed by atoms with Crippen molar-refractivity contribution in [3.05, 3.63) is 70.1 Å². The van der Waals surface area contributed by atoms with Crippen LogP contribution in [0.5, 0.6) is 11.5 Å². The van der Waals surface area contributed by atoms with Crippen LogP contribution in [0.3, 0.4) is 0 Å². The molecule has 0 bridgehead atoms. The number of hydrogen-bond acceptors (Lipinski definition) is 4. The summed E-state index contributed by atoms with van der Waals surface area (Å²) < 4.78 is 3.26. The molecule has 24 heavy (non-hydrogen) atoms. The molecule has 0 aliphatic heterocycles. The molecule has 0 aliphatic rings. The Bertz CT molecular complexity index is 969. The summed E-state index contributed by atoms with van der Waals surface area (Å²) in [4.78, 5) is 16.9. The maximum absolute atomic E-state index is 12.7. The van der Waals surface area contributed by atoms with Crippen LogP contribution < -0.4 is 5.56 Å². The summed E-state index contributed by atoms with van der Waals surface area (Å²) in [7, 11) is 1.79. The molecule has 0 saturated carbocycles. The van der Waals surface area contributed by atoms with Crippen molar-refractivity contribution in [1.29, 1.82) is 0 Å². The van der Waals surface area contributed by atoms with E-state index in [1.165, 1.54) is 17.0 Å². The van der Waals surface area contributed by atoms with Gasteiger partial charge in [0.2, 0.25) is 0 Å². The van der Waals surface area contributed by atoms with Crippen molar-refractivity contribution in [2.24, 2.45) is 12.0 Å². The van der Waals surface area contributed by atoms with Gasteiger partial charge in [-0.25, -0.2) is 9.67 Å². The number of aromatic hydroxyl groups is 2. The van der Waals surface area contributed by atoms with E-state index in [1.54, 1.807) is 30.8 Å². The minimum absolute atomic E-state index is 0.231. The van der Waals surface area contributed by atoms with Crippen molar-refractivity contribution in [2.45, 2.75) is 6.92 Å². The SMILES string of the molecule is Cc1c(N=Cc2cccc(O)c2O)c(=O)n(-c2ccccc2)n1C. The largest absolute Gasteiger partial charge is 0.504 e. The minimum atomic E-state index is -0.266. The van der Waals surface area contributed by atoms with Gasteiger partial charge in [0.1, 0.15) is 0 Å². The van der Waals surface area contributed by atoms with Gasteiger partial charge < -0.3 is 10.2 Å². The second-order valence-corrected chi connectivity index (χ2v) is 5.38. The van der Waals surface area contributed by atoms with Crippen LogP contribution >= 0.6 is 0 Å². The van der Waals surface area contributed by atoms with E-state index in [4.69, 9.17) is 0 Å². The zero-order valence-corrected chi connectivity index (χ0v) is 13.3. The lowest BCUT2D eigenvalue weighted by molar-refractivity contribution is 0.403. The molecule has 0 spiro atoms. The fraction of sp³-hybridized carbons (Fsp3) is 0.111. The summed E-state index contributed by atoms with van der Waals surface area (Å²) in [6, 6.07) is 13.9. The highest BCUT2D eigenvalue weighted by atomic mass is 16.3. The number of aromatic nitrogens is 2. The molecule has 3 aromatic rings. The highest BCUT2D eigenvalue weighted by Crippen LogP contribution is 2.27. The lowest BCUT2D eigenvalue weighted by Crippen LogP contribution is -2.19. The Labute approximate surface area is 138 Å². The maximum atomic E-state index is 12.7. The Morgan fingerprint density at radius 3 is 2.46 bits per heavy atom. The van der Waals surface area contributed by atoms with Crippen molar-refractivity contribution in [3.63, 3.8) is 0 Å². The molecule has 2 aromatic carbocycles.